The van der Waals surface area contributed by atoms with Crippen LogP contribution in [0.1, 0.15) is 11.7 Å². The number of aliphatic carboxylic acids is 1. The van der Waals surface area contributed by atoms with Crippen LogP contribution in [0.2, 0.25) is 0 Å². The van der Waals surface area contributed by atoms with Gasteiger partial charge in [0.2, 0.25) is 0 Å². The monoisotopic (exact) mass is 320 g/mol. The second-order valence-electron chi connectivity index (χ2n) is 3.47. The first kappa shape index (κ1) is 14.7. The molecule has 3 N–H and O–H groups in total. The number of hydrogen-bond acceptors (Lipinski definition) is 5. The Labute approximate surface area is 112 Å². The van der Waals surface area contributed by atoms with E-state index in [1.165, 1.54) is 26.4 Å². The van der Waals surface area contributed by atoms with Crippen molar-refractivity contribution in [2.75, 3.05) is 14.2 Å². The highest BCUT2D eigenvalue weighted by molar-refractivity contribution is 9.10. The van der Waals surface area contributed by atoms with E-state index in [-0.39, 0.29) is 5.56 Å². The molecule has 0 heterocycles. The van der Waals surface area contributed by atoms with Crippen LogP contribution < -0.4 is 9.47 Å². The maximum absolute atomic E-state index is 10.6. The summed E-state index contributed by atoms with van der Waals surface area (Å²) in [6.07, 6.45) is -3.49. The Hall–Kier alpha value is -1.31. The lowest BCUT2D eigenvalue weighted by atomic mass is 10.0. The second-order valence-corrected chi connectivity index (χ2v) is 4.26. The van der Waals surface area contributed by atoms with Crippen LogP contribution in [-0.2, 0) is 4.79 Å². The first-order valence-electron chi connectivity index (χ1n) is 4.92. The molecule has 0 amide bonds. The molecule has 0 saturated carbocycles. The number of aliphatic hydroxyl groups excluding tert-OH is 2. The van der Waals surface area contributed by atoms with Gasteiger partial charge in [0.1, 0.15) is 22.1 Å². The van der Waals surface area contributed by atoms with Crippen molar-refractivity contribution in [2.24, 2.45) is 0 Å². The summed E-state index contributed by atoms with van der Waals surface area (Å²) in [5.41, 5.74) is 0.182. The first-order valence-corrected chi connectivity index (χ1v) is 5.72. The van der Waals surface area contributed by atoms with Gasteiger partial charge < -0.3 is 24.8 Å². The van der Waals surface area contributed by atoms with Crippen molar-refractivity contribution in [3.63, 3.8) is 0 Å². The number of halogens is 1. The largest absolute Gasteiger partial charge is 0.495 e. The Balaban J connectivity index is 3.21. The molecule has 0 spiro atoms. The molecule has 0 bridgehead atoms. The van der Waals surface area contributed by atoms with Crippen molar-refractivity contribution < 1.29 is 29.6 Å². The fourth-order valence-electron chi connectivity index (χ4n) is 1.38. The van der Waals surface area contributed by atoms with Gasteiger partial charge in [0.25, 0.3) is 0 Å². The van der Waals surface area contributed by atoms with E-state index in [1.54, 1.807) is 0 Å². The van der Waals surface area contributed by atoms with Crippen LogP contribution in [-0.4, -0.2) is 41.6 Å². The number of ether oxygens (including phenoxy) is 2. The Morgan fingerprint density at radius 1 is 1.22 bits per heavy atom. The van der Waals surface area contributed by atoms with Crippen LogP contribution in [0, 0.1) is 0 Å². The van der Waals surface area contributed by atoms with E-state index in [9.17, 15) is 15.0 Å². The lowest BCUT2D eigenvalue weighted by Gasteiger charge is -2.17. The van der Waals surface area contributed by atoms with Gasteiger partial charge >= 0.3 is 5.97 Å². The second kappa shape index (κ2) is 6.03. The van der Waals surface area contributed by atoms with Gasteiger partial charge in [-0.2, -0.15) is 0 Å². The molecular weight excluding hydrogens is 308 g/mol. The standard InChI is InChI=1S/C11H13BrO6/c1-17-6-3-5(4-7(18-2)8(6)12)9(13)10(14)11(15)16/h3-4,9-10,13-14H,1-2H3,(H,15,16). The van der Waals surface area contributed by atoms with Crippen LogP contribution in [0.15, 0.2) is 16.6 Å². The van der Waals surface area contributed by atoms with Gasteiger partial charge in [0.05, 0.1) is 14.2 Å². The molecule has 6 nitrogen and oxygen atoms in total. The van der Waals surface area contributed by atoms with Crippen molar-refractivity contribution in [3.8, 4) is 11.5 Å². The molecule has 100 valence electrons. The molecule has 2 atom stereocenters. The number of rotatable bonds is 5. The smallest absolute Gasteiger partial charge is 0.335 e. The van der Waals surface area contributed by atoms with Gasteiger partial charge in [-0.3, -0.25) is 0 Å². The molecule has 7 heteroatoms. The van der Waals surface area contributed by atoms with Gasteiger partial charge in [-0.05, 0) is 33.6 Å². The molecular formula is C11H13BrO6. The quantitative estimate of drug-likeness (QED) is 0.747. The number of aliphatic hydroxyl groups is 2. The summed E-state index contributed by atoms with van der Waals surface area (Å²) in [7, 11) is 2.84. The minimum absolute atomic E-state index is 0.182. The summed E-state index contributed by atoms with van der Waals surface area (Å²) in [5, 5.41) is 27.7. The van der Waals surface area contributed by atoms with Gasteiger partial charge in [-0.1, -0.05) is 0 Å². The molecule has 0 radical (unpaired) electrons. The zero-order chi connectivity index (χ0) is 13.9. The highest BCUT2D eigenvalue weighted by Crippen LogP contribution is 2.37. The fraction of sp³-hybridized carbons (Fsp3) is 0.364. The molecule has 18 heavy (non-hydrogen) atoms. The number of carbonyl (C=O) groups is 1. The maximum atomic E-state index is 10.6. The Morgan fingerprint density at radius 2 is 1.67 bits per heavy atom. The highest BCUT2D eigenvalue weighted by atomic mass is 79.9. The fourth-order valence-corrected chi connectivity index (χ4v) is 1.93. The van der Waals surface area contributed by atoms with E-state index in [2.05, 4.69) is 15.9 Å². The van der Waals surface area contributed by atoms with Gasteiger partial charge in [-0.25, -0.2) is 4.79 Å². The summed E-state index contributed by atoms with van der Waals surface area (Å²) in [6.45, 7) is 0. The Bertz CT molecular complexity index is 422. The van der Waals surface area contributed by atoms with Crippen LogP contribution >= 0.6 is 15.9 Å². The van der Waals surface area contributed by atoms with E-state index in [1.807, 2.05) is 0 Å². The molecule has 1 aromatic carbocycles. The minimum atomic E-state index is -1.92. The molecule has 0 aliphatic heterocycles. The lowest BCUT2D eigenvalue weighted by Crippen LogP contribution is -2.27. The zero-order valence-electron chi connectivity index (χ0n) is 9.75. The first-order chi connectivity index (χ1) is 8.42. The third-order valence-corrected chi connectivity index (χ3v) is 3.14. The average Bonchev–Trinajstić information content (AvgIpc) is 2.37. The molecule has 1 aromatic rings. The number of benzene rings is 1. The van der Waals surface area contributed by atoms with Crippen LogP contribution in [0.4, 0.5) is 0 Å². The van der Waals surface area contributed by atoms with Crippen molar-refractivity contribution >= 4 is 21.9 Å². The zero-order valence-corrected chi connectivity index (χ0v) is 11.3. The maximum Gasteiger partial charge on any atom is 0.335 e. The van der Waals surface area contributed by atoms with E-state index in [4.69, 9.17) is 14.6 Å². The van der Waals surface area contributed by atoms with Crippen LogP contribution in [0.25, 0.3) is 0 Å². The van der Waals surface area contributed by atoms with Gasteiger partial charge in [0.15, 0.2) is 6.10 Å². The summed E-state index contributed by atoms with van der Waals surface area (Å²) >= 11 is 3.24. The highest BCUT2D eigenvalue weighted by Gasteiger charge is 2.26. The van der Waals surface area contributed by atoms with Gasteiger partial charge in [-0.15, -0.1) is 0 Å². The average molecular weight is 321 g/mol. The Kier molecular flexibility index (Phi) is 4.94. The third kappa shape index (κ3) is 2.92. The van der Waals surface area contributed by atoms with E-state index < -0.39 is 18.2 Å². The van der Waals surface area contributed by atoms with E-state index in [0.29, 0.717) is 16.0 Å². The Morgan fingerprint density at radius 3 is 2.00 bits per heavy atom. The van der Waals surface area contributed by atoms with Gasteiger partial charge in [0, 0.05) is 0 Å². The predicted molar refractivity (Wildman–Crippen MR) is 65.8 cm³/mol. The number of carboxylic acid groups (broad SMARTS) is 1. The summed E-state index contributed by atoms with van der Waals surface area (Å²) in [5.74, 6) is -0.787. The SMILES string of the molecule is COc1cc(C(O)C(O)C(=O)O)cc(OC)c1Br. The summed E-state index contributed by atoms with van der Waals surface area (Å²) in [4.78, 5) is 10.6. The van der Waals surface area contributed by atoms with Crippen molar-refractivity contribution in [3.05, 3.63) is 22.2 Å². The molecule has 0 fully saturated rings. The topological polar surface area (TPSA) is 96.2 Å². The predicted octanol–water partition coefficient (Wildman–Crippen LogP) is 0.945. The third-order valence-electron chi connectivity index (χ3n) is 2.36. The van der Waals surface area contributed by atoms with E-state index in [0.717, 1.165) is 0 Å². The lowest BCUT2D eigenvalue weighted by molar-refractivity contribution is -0.153. The number of carboxylic acids is 1. The summed E-state index contributed by atoms with van der Waals surface area (Å²) in [6, 6.07) is 2.84. The molecule has 0 saturated heterocycles. The molecule has 0 aliphatic carbocycles. The molecule has 2 unspecified atom stereocenters. The minimum Gasteiger partial charge on any atom is -0.495 e. The summed E-state index contributed by atoms with van der Waals surface area (Å²) < 4.78 is 10.6. The van der Waals surface area contributed by atoms with Crippen molar-refractivity contribution in [1.82, 2.24) is 0 Å². The van der Waals surface area contributed by atoms with Crippen LogP contribution in [0.5, 0.6) is 11.5 Å². The molecule has 1 rings (SSSR count). The van der Waals surface area contributed by atoms with E-state index >= 15 is 0 Å². The van der Waals surface area contributed by atoms with Crippen LogP contribution in [0.3, 0.4) is 0 Å². The normalized spacial score (nSPS) is 13.8. The van der Waals surface area contributed by atoms with Crippen molar-refractivity contribution in [1.29, 1.82) is 0 Å². The number of methoxy groups -OCH3 is 2. The molecule has 0 aromatic heterocycles. The number of hydrogen-bond donors (Lipinski definition) is 3. The van der Waals surface area contributed by atoms with Crippen molar-refractivity contribution in [2.45, 2.75) is 12.2 Å². The molecule has 0 aliphatic rings.